The molecule has 156 valence electrons. The average molecular weight is 427 g/mol. The minimum Gasteiger partial charge on any atom is -0.391 e. The summed E-state index contributed by atoms with van der Waals surface area (Å²) in [6.45, 7) is 1.50. The number of benzene rings is 2. The zero-order valence-corrected chi connectivity index (χ0v) is 17.7. The lowest BCUT2D eigenvalue weighted by Crippen LogP contribution is -2.29. The van der Waals surface area contributed by atoms with Crippen LogP contribution in [0.3, 0.4) is 0 Å². The first-order valence-electron chi connectivity index (χ1n) is 9.35. The van der Waals surface area contributed by atoms with Gasteiger partial charge in [-0.15, -0.1) is 0 Å². The van der Waals surface area contributed by atoms with E-state index in [0.717, 1.165) is 16.8 Å². The van der Waals surface area contributed by atoms with Crippen molar-refractivity contribution >= 4 is 23.2 Å². The SMILES string of the molecule is Cc1ccc(CNC(=O)c2nc(-c3ccccc3N(C)C)[nH]c(=O)c2CO)cc1Cl. The highest BCUT2D eigenvalue weighted by molar-refractivity contribution is 6.31. The molecule has 0 aliphatic rings. The minimum absolute atomic E-state index is 0.0828. The topological polar surface area (TPSA) is 98.3 Å². The van der Waals surface area contributed by atoms with Gasteiger partial charge < -0.3 is 20.3 Å². The molecule has 0 atom stereocenters. The van der Waals surface area contributed by atoms with Gasteiger partial charge in [-0.05, 0) is 36.2 Å². The van der Waals surface area contributed by atoms with Crippen LogP contribution in [-0.2, 0) is 13.2 Å². The molecular formula is C22H23ClN4O3. The van der Waals surface area contributed by atoms with E-state index in [1.807, 2.05) is 62.3 Å². The molecule has 0 aliphatic heterocycles. The largest absolute Gasteiger partial charge is 0.391 e. The van der Waals surface area contributed by atoms with Gasteiger partial charge in [0.05, 0.1) is 12.2 Å². The van der Waals surface area contributed by atoms with Gasteiger partial charge in [0.2, 0.25) is 0 Å². The van der Waals surface area contributed by atoms with Gasteiger partial charge >= 0.3 is 0 Å². The van der Waals surface area contributed by atoms with Gasteiger partial charge in [0, 0.05) is 36.9 Å². The normalized spacial score (nSPS) is 10.7. The van der Waals surface area contributed by atoms with Crippen molar-refractivity contribution in [2.45, 2.75) is 20.1 Å². The van der Waals surface area contributed by atoms with Gasteiger partial charge in [-0.3, -0.25) is 9.59 Å². The third kappa shape index (κ3) is 4.53. The number of para-hydroxylation sites is 1. The first kappa shape index (κ1) is 21.5. The number of aliphatic hydroxyl groups is 1. The van der Waals surface area contributed by atoms with E-state index in [1.165, 1.54) is 0 Å². The number of aromatic nitrogens is 2. The van der Waals surface area contributed by atoms with Gasteiger partial charge in [-0.1, -0.05) is 35.9 Å². The zero-order valence-electron chi connectivity index (χ0n) is 17.0. The molecule has 1 heterocycles. The number of aryl methyl sites for hydroxylation is 1. The maximum atomic E-state index is 12.8. The molecule has 30 heavy (non-hydrogen) atoms. The summed E-state index contributed by atoms with van der Waals surface area (Å²) >= 11 is 6.14. The molecule has 0 saturated heterocycles. The van der Waals surface area contributed by atoms with Crippen LogP contribution in [-0.4, -0.2) is 35.1 Å². The van der Waals surface area contributed by atoms with Crippen LogP contribution in [0.1, 0.15) is 27.2 Å². The molecule has 1 aromatic heterocycles. The third-order valence-electron chi connectivity index (χ3n) is 4.72. The summed E-state index contributed by atoms with van der Waals surface area (Å²) in [7, 11) is 3.75. The van der Waals surface area contributed by atoms with Crippen LogP contribution in [0.2, 0.25) is 5.02 Å². The Balaban J connectivity index is 1.96. The predicted molar refractivity (Wildman–Crippen MR) is 118 cm³/mol. The summed E-state index contributed by atoms with van der Waals surface area (Å²) < 4.78 is 0. The molecule has 8 heteroatoms. The van der Waals surface area contributed by atoms with E-state index >= 15 is 0 Å². The second kappa shape index (κ2) is 9.11. The van der Waals surface area contributed by atoms with Crippen molar-refractivity contribution in [1.82, 2.24) is 15.3 Å². The Bertz CT molecular complexity index is 1140. The fraction of sp³-hybridized carbons (Fsp3) is 0.227. The summed E-state index contributed by atoms with van der Waals surface area (Å²) in [5.41, 5.74) is 2.51. The number of nitrogens with one attached hydrogen (secondary N) is 2. The number of hydrogen-bond acceptors (Lipinski definition) is 5. The van der Waals surface area contributed by atoms with Crippen LogP contribution in [0, 0.1) is 6.92 Å². The lowest BCUT2D eigenvalue weighted by molar-refractivity contribution is 0.0942. The molecule has 0 aliphatic carbocycles. The van der Waals surface area contributed by atoms with Gasteiger partial charge in [0.15, 0.2) is 0 Å². The molecule has 0 radical (unpaired) electrons. The molecule has 0 fully saturated rings. The highest BCUT2D eigenvalue weighted by Gasteiger charge is 2.20. The van der Waals surface area contributed by atoms with Gasteiger partial charge in [0.1, 0.15) is 11.5 Å². The number of nitrogens with zero attached hydrogens (tertiary/aromatic N) is 2. The fourth-order valence-corrected chi connectivity index (χ4v) is 3.24. The second-order valence-corrected chi connectivity index (χ2v) is 7.48. The number of carbonyl (C=O) groups excluding carboxylic acids is 1. The van der Waals surface area contributed by atoms with Gasteiger partial charge in [-0.25, -0.2) is 4.98 Å². The second-order valence-electron chi connectivity index (χ2n) is 7.08. The molecule has 3 aromatic rings. The number of aromatic amines is 1. The molecule has 7 nitrogen and oxygen atoms in total. The van der Waals surface area contributed by atoms with Crippen LogP contribution in [0.5, 0.6) is 0 Å². The first-order valence-corrected chi connectivity index (χ1v) is 9.73. The van der Waals surface area contributed by atoms with E-state index in [-0.39, 0.29) is 23.6 Å². The number of halogens is 1. The molecule has 3 rings (SSSR count). The molecule has 0 bridgehead atoms. The quantitative estimate of drug-likeness (QED) is 0.563. The molecule has 3 N–H and O–H groups in total. The fourth-order valence-electron chi connectivity index (χ4n) is 3.04. The third-order valence-corrected chi connectivity index (χ3v) is 5.13. The number of amides is 1. The Morgan fingerprint density at radius 3 is 2.63 bits per heavy atom. The van der Waals surface area contributed by atoms with Crippen LogP contribution in [0.15, 0.2) is 47.3 Å². The summed E-state index contributed by atoms with van der Waals surface area (Å²) in [6, 6.07) is 12.9. The number of H-pyrrole nitrogens is 1. The van der Waals surface area contributed by atoms with E-state index in [1.54, 1.807) is 6.07 Å². The maximum absolute atomic E-state index is 12.8. The molecule has 2 aromatic carbocycles. The lowest BCUT2D eigenvalue weighted by atomic mass is 10.1. The Morgan fingerprint density at radius 2 is 1.97 bits per heavy atom. The highest BCUT2D eigenvalue weighted by atomic mass is 35.5. The molecular weight excluding hydrogens is 404 g/mol. The Labute approximate surface area is 179 Å². The number of hydrogen-bond donors (Lipinski definition) is 3. The monoisotopic (exact) mass is 426 g/mol. The standard InChI is InChI=1S/C22H23ClN4O3/c1-13-8-9-14(10-17(13)23)11-24-22(30)19-16(12-28)21(29)26-20(25-19)15-6-4-5-7-18(15)27(2)3/h4-10,28H,11-12H2,1-3H3,(H,24,30)(H,25,26,29). The van der Waals surface area contributed by atoms with Crippen molar-refractivity contribution < 1.29 is 9.90 Å². The van der Waals surface area contributed by atoms with Crippen LogP contribution >= 0.6 is 11.6 Å². The predicted octanol–water partition coefficient (Wildman–Crippen LogP) is 2.89. The highest BCUT2D eigenvalue weighted by Crippen LogP contribution is 2.26. The number of carbonyl (C=O) groups is 1. The molecule has 0 unspecified atom stereocenters. The van der Waals surface area contributed by atoms with Crippen LogP contribution in [0.25, 0.3) is 11.4 Å². The van der Waals surface area contributed by atoms with Crippen molar-refractivity contribution in [3.63, 3.8) is 0 Å². The Hall–Kier alpha value is -3.16. The lowest BCUT2D eigenvalue weighted by Gasteiger charge is -2.17. The zero-order chi connectivity index (χ0) is 21.8. The Morgan fingerprint density at radius 1 is 1.23 bits per heavy atom. The number of anilines is 1. The van der Waals surface area contributed by atoms with Crippen LogP contribution in [0.4, 0.5) is 5.69 Å². The van der Waals surface area contributed by atoms with Crippen molar-refractivity contribution in [1.29, 1.82) is 0 Å². The maximum Gasteiger partial charge on any atom is 0.270 e. The molecule has 1 amide bonds. The average Bonchev–Trinajstić information content (AvgIpc) is 2.73. The molecule has 0 spiro atoms. The Kier molecular flexibility index (Phi) is 6.54. The first-order chi connectivity index (χ1) is 14.3. The van der Waals surface area contributed by atoms with E-state index in [0.29, 0.717) is 10.6 Å². The summed E-state index contributed by atoms with van der Waals surface area (Å²) in [5.74, 6) is -0.296. The minimum atomic E-state index is -0.600. The number of rotatable bonds is 6. The summed E-state index contributed by atoms with van der Waals surface area (Å²) in [4.78, 5) is 34.3. The number of aliphatic hydroxyl groups excluding tert-OH is 1. The van der Waals surface area contributed by atoms with Gasteiger partial charge in [0.25, 0.3) is 11.5 Å². The van der Waals surface area contributed by atoms with Crippen molar-refractivity contribution in [3.8, 4) is 11.4 Å². The van der Waals surface area contributed by atoms with Crippen molar-refractivity contribution in [3.05, 3.63) is 80.2 Å². The summed E-state index contributed by atoms with van der Waals surface area (Å²) in [5, 5.41) is 13.0. The van der Waals surface area contributed by atoms with Gasteiger partial charge in [-0.2, -0.15) is 0 Å². The van der Waals surface area contributed by atoms with E-state index < -0.39 is 18.1 Å². The van der Waals surface area contributed by atoms with E-state index in [4.69, 9.17) is 11.6 Å². The summed E-state index contributed by atoms with van der Waals surface area (Å²) in [6.07, 6.45) is 0. The molecule has 0 saturated carbocycles. The van der Waals surface area contributed by atoms with E-state index in [2.05, 4.69) is 15.3 Å². The van der Waals surface area contributed by atoms with E-state index in [9.17, 15) is 14.7 Å². The van der Waals surface area contributed by atoms with Crippen molar-refractivity contribution in [2.24, 2.45) is 0 Å². The van der Waals surface area contributed by atoms with Crippen LogP contribution < -0.4 is 15.8 Å². The van der Waals surface area contributed by atoms with Crippen molar-refractivity contribution in [2.75, 3.05) is 19.0 Å². The smallest absolute Gasteiger partial charge is 0.270 e.